The molecule has 0 amide bonds. The zero-order valence-corrected chi connectivity index (χ0v) is 35.4. The molecule has 0 saturated carbocycles. The summed E-state index contributed by atoms with van der Waals surface area (Å²) in [6.45, 7) is 12.4. The molecule has 300 valence electrons. The average molecular weight is 775 g/mol. The van der Waals surface area contributed by atoms with Crippen LogP contribution in [0.5, 0.6) is 0 Å². The van der Waals surface area contributed by atoms with Crippen LogP contribution in [-0.4, -0.2) is 71.7 Å². The smallest absolute Gasteiger partial charge is 0.193 e. The zero-order valence-electron chi connectivity index (χ0n) is 35.4. The number of benzene rings is 6. The van der Waals surface area contributed by atoms with Gasteiger partial charge in [0.15, 0.2) is 17.3 Å². The predicted octanol–water partition coefficient (Wildman–Crippen LogP) is 10.6. The maximum atomic E-state index is 12.7. The molecular formula is C51H58N4O3. The van der Waals surface area contributed by atoms with Gasteiger partial charge in [0.2, 0.25) is 0 Å². The molecule has 6 aromatic carbocycles. The highest BCUT2D eigenvalue weighted by Gasteiger charge is 2.12. The van der Waals surface area contributed by atoms with Crippen LogP contribution in [0.3, 0.4) is 0 Å². The van der Waals surface area contributed by atoms with E-state index in [0.29, 0.717) is 11.1 Å². The van der Waals surface area contributed by atoms with E-state index in [9.17, 15) is 14.4 Å². The number of ketones is 3. The predicted molar refractivity (Wildman–Crippen MR) is 245 cm³/mol. The first-order valence-corrected chi connectivity index (χ1v) is 20.0. The van der Waals surface area contributed by atoms with Gasteiger partial charge in [-0.3, -0.25) is 14.4 Å². The molecule has 0 aliphatic rings. The van der Waals surface area contributed by atoms with Gasteiger partial charge in [0.1, 0.15) is 0 Å². The SMILES string of the molecule is CCN(CC)c1ccc(C(=O)c2ccc(N(CC)CC)cc2)cc1.CN(C)c1ccc(C(=O)c2ccc(N(C)C)cc2)cc1.O=C(c1ccccc1)c1ccccc1. The van der Waals surface area contributed by atoms with Gasteiger partial charge in [0.05, 0.1) is 0 Å². The van der Waals surface area contributed by atoms with Crippen molar-refractivity contribution in [2.45, 2.75) is 27.7 Å². The summed E-state index contributed by atoms with van der Waals surface area (Å²) in [5.41, 5.74) is 8.87. The molecule has 0 N–H and O–H groups in total. The van der Waals surface area contributed by atoms with Crippen LogP contribution >= 0.6 is 0 Å². The van der Waals surface area contributed by atoms with Crippen LogP contribution in [0.15, 0.2) is 158 Å². The Balaban J connectivity index is 0.000000199. The molecule has 0 fully saturated rings. The van der Waals surface area contributed by atoms with Crippen LogP contribution in [0, 0.1) is 0 Å². The Hall–Kier alpha value is -6.47. The van der Waals surface area contributed by atoms with Gasteiger partial charge in [0.25, 0.3) is 0 Å². The van der Waals surface area contributed by atoms with E-state index in [1.54, 1.807) is 0 Å². The van der Waals surface area contributed by atoms with Crippen molar-refractivity contribution in [3.8, 4) is 0 Å². The van der Waals surface area contributed by atoms with Gasteiger partial charge >= 0.3 is 0 Å². The van der Waals surface area contributed by atoms with E-state index in [1.165, 1.54) is 0 Å². The molecule has 7 heteroatoms. The number of rotatable bonds is 14. The van der Waals surface area contributed by atoms with Crippen LogP contribution in [0.1, 0.15) is 75.5 Å². The normalized spacial score (nSPS) is 10.2. The summed E-state index contributed by atoms with van der Waals surface area (Å²) < 4.78 is 0. The molecule has 6 rings (SSSR count). The van der Waals surface area contributed by atoms with Crippen LogP contribution in [0.2, 0.25) is 0 Å². The first-order valence-electron chi connectivity index (χ1n) is 20.0. The molecule has 0 saturated heterocycles. The third-order valence-electron chi connectivity index (χ3n) is 9.88. The second kappa shape index (κ2) is 22.3. The highest BCUT2D eigenvalue weighted by Crippen LogP contribution is 2.21. The second-order valence-corrected chi connectivity index (χ2v) is 14.0. The molecule has 0 aliphatic heterocycles. The highest BCUT2D eigenvalue weighted by atomic mass is 16.1. The third kappa shape index (κ3) is 12.3. The summed E-state index contributed by atoms with van der Waals surface area (Å²) in [6, 6.07) is 49.8. The second-order valence-electron chi connectivity index (χ2n) is 14.0. The van der Waals surface area contributed by atoms with Gasteiger partial charge in [-0.2, -0.15) is 0 Å². The van der Waals surface area contributed by atoms with Crippen molar-refractivity contribution in [3.05, 3.63) is 191 Å². The zero-order chi connectivity index (χ0) is 42.0. The Morgan fingerprint density at radius 2 is 0.517 bits per heavy atom. The van der Waals surface area contributed by atoms with Crippen LogP contribution in [0.25, 0.3) is 0 Å². The van der Waals surface area contributed by atoms with E-state index >= 15 is 0 Å². The lowest BCUT2D eigenvalue weighted by Crippen LogP contribution is -2.22. The standard InChI is InChI=1S/C21H28N2O.C17H20N2O.C13H10O/c1-5-22(6-2)19-13-9-17(10-14-19)21(24)18-11-15-20(16-12-18)23(7-3)8-4;1-18(2)15-9-5-13(6-10-15)17(20)14-7-11-16(12-8-14)19(3)4;14-13(11-7-3-1-4-8-11)12-9-5-2-6-10-12/h9-16H,5-8H2,1-4H3;5-12H,1-4H3;1-10H. The van der Waals surface area contributed by atoms with Crippen molar-refractivity contribution >= 4 is 40.1 Å². The molecule has 6 aromatic rings. The first-order chi connectivity index (χ1) is 28.0. The van der Waals surface area contributed by atoms with Gasteiger partial charge in [-0.25, -0.2) is 0 Å². The number of anilines is 4. The Labute approximate surface area is 346 Å². The Morgan fingerprint density at radius 3 is 0.724 bits per heavy atom. The summed E-state index contributed by atoms with van der Waals surface area (Å²) in [5, 5.41) is 0. The van der Waals surface area contributed by atoms with E-state index < -0.39 is 0 Å². The largest absolute Gasteiger partial charge is 0.378 e. The number of hydrogen-bond donors (Lipinski definition) is 0. The maximum absolute atomic E-state index is 12.7. The van der Waals surface area contributed by atoms with Crippen molar-refractivity contribution in [3.63, 3.8) is 0 Å². The topological polar surface area (TPSA) is 64.2 Å². The van der Waals surface area contributed by atoms with Crippen molar-refractivity contribution in [1.29, 1.82) is 0 Å². The fourth-order valence-corrected chi connectivity index (χ4v) is 6.33. The molecule has 58 heavy (non-hydrogen) atoms. The summed E-state index contributed by atoms with van der Waals surface area (Å²) in [7, 11) is 7.93. The van der Waals surface area contributed by atoms with Crippen molar-refractivity contribution in [1.82, 2.24) is 0 Å². The highest BCUT2D eigenvalue weighted by molar-refractivity contribution is 6.10. The first kappa shape index (κ1) is 44.2. The van der Waals surface area contributed by atoms with Crippen molar-refractivity contribution in [2.24, 2.45) is 0 Å². The molecular weight excluding hydrogens is 717 g/mol. The Kier molecular flexibility index (Phi) is 17.0. The quantitative estimate of drug-likeness (QED) is 0.102. The van der Waals surface area contributed by atoms with Gasteiger partial charge in [-0.1, -0.05) is 60.7 Å². The van der Waals surface area contributed by atoms with Gasteiger partial charge in [0, 0.05) is 110 Å². The molecule has 0 bridgehead atoms. The molecule has 0 atom stereocenters. The van der Waals surface area contributed by atoms with E-state index in [1.807, 2.05) is 196 Å². The molecule has 0 heterocycles. The molecule has 0 aromatic heterocycles. The van der Waals surface area contributed by atoms with E-state index in [-0.39, 0.29) is 17.3 Å². The monoisotopic (exact) mass is 774 g/mol. The molecule has 0 radical (unpaired) electrons. The molecule has 0 spiro atoms. The maximum Gasteiger partial charge on any atom is 0.193 e. The summed E-state index contributed by atoms with van der Waals surface area (Å²) in [5.74, 6) is 0.207. The summed E-state index contributed by atoms with van der Waals surface area (Å²) in [4.78, 5) is 45.5. The van der Waals surface area contributed by atoms with Crippen LogP contribution < -0.4 is 19.6 Å². The number of carbonyl (C=O) groups excluding carboxylic acids is 3. The van der Waals surface area contributed by atoms with Gasteiger partial charge in [-0.15, -0.1) is 0 Å². The molecule has 0 unspecified atom stereocenters. The van der Waals surface area contributed by atoms with Crippen molar-refractivity contribution < 1.29 is 14.4 Å². The van der Waals surface area contributed by atoms with E-state index in [4.69, 9.17) is 0 Å². The fraction of sp³-hybridized carbons (Fsp3) is 0.235. The lowest BCUT2D eigenvalue weighted by atomic mass is 10.0. The van der Waals surface area contributed by atoms with Gasteiger partial charge in [-0.05, 0) is 125 Å². The van der Waals surface area contributed by atoms with Crippen molar-refractivity contribution in [2.75, 3.05) is 74.0 Å². The molecule has 7 nitrogen and oxygen atoms in total. The summed E-state index contributed by atoms with van der Waals surface area (Å²) >= 11 is 0. The fourth-order valence-electron chi connectivity index (χ4n) is 6.33. The van der Waals surface area contributed by atoms with Gasteiger partial charge < -0.3 is 19.6 Å². The minimum atomic E-state index is 0.0561. The minimum absolute atomic E-state index is 0.0561. The van der Waals surface area contributed by atoms with E-state index in [2.05, 4.69) is 37.5 Å². The average Bonchev–Trinajstić information content (AvgIpc) is 3.28. The third-order valence-corrected chi connectivity index (χ3v) is 9.88. The Morgan fingerprint density at radius 1 is 0.310 bits per heavy atom. The minimum Gasteiger partial charge on any atom is -0.378 e. The number of nitrogens with zero attached hydrogens (tertiary/aromatic N) is 4. The summed E-state index contributed by atoms with van der Waals surface area (Å²) in [6.07, 6.45) is 0. The number of hydrogen-bond acceptors (Lipinski definition) is 7. The lowest BCUT2D eigenvalue weighted by Gasteiger charge is -2.21. The van der Waals surface area contributed by atoms with Crippen LogP contribution in [-0.2, 0) is 0 Å². The Bertz CT molecular complexity index is 1990. The van der Waals surface area contributed by atoms with E-state index in [0.717, 1.165) is 71.2 Å². The van der Waals surface area contributed by atoms with Crippen LogP contribution in [0.4, 0.5) is 22.7 Å². The molecule has 0 aliphatic carbocycles. The lowest BCUT2D eigenvalue weighted by molar-refractivity contribution is 0.103. The number of carbonyl (C=O) groups is 3.